The lowest BCUT2D eigenvalue weighted by Gasteiger charge is -2.22. The molecule has 24 heavy (non-hydrogen) atoms. The van der Waals surface area contributed by atoms with E-state index in [2.05, 4.69) is 38.2 Å². The summed E-state index contributed by atoms with van der Waals surface area (Å²) in [6.07, 6.45) is 9.28. The molecule has 1 saturated heterocycles. The summed E-state index contributed by atoms with van der Waals surface area (Å²) in [5, 5.41) is 3.81. The Morgan fingerprint density at radius 2 is 2.00 bits per heavy atom. The Kier molecular flexibility index (Phi) is 4.03. The van der Waals surface area contributed by atoms with E-state index in [4.69, 9.17) is 0 Å². The Bertz CT molecular complexity index is 919. The molecular weight excluding hydrogens is 304 g/mol. The standard InChI is InChI=1S/C19H22N2O3/c1-4-12-9-14-13(11-19(2,3)10-12)7-8-21(18(14)24)15-5-6-16(22)20-17(15)23/h7-11,15H,4-6H2,1-3H3,(H,20,22,23). The van der Waals surface area contributed by atoms with Gasteiger partial charge >= 0.3 is 0 Å². The molecule has 126 valence electrons. The van der Waals surface area contributed by atoms with Gasteiger partial charge in [0.2, 0.25) is 11.8 Å². The Balaban J connectivity index is 2.19. The number of carbonyl (C=O) groups excluding carboxylic acids is 2. The van der Waals surface area contributed by atoms with Crippen LogP contribution in [0, 0.1) is 5.41 Å². The first-order valence-electron chi connectivity index (χ1n) is 8.32. The van der Waals surface area contributed by atoms with Gasteiger partial charge in [-0.15, -0.1) is 0 Å². The van der Waals surface area contributed by atoms with Gasteiger partial charge in [-0.3, -0.25) is 19.7 Å². The molecule has 0 aromatic carbocycles. The number of hydrogen-bond donors (Lipinski definition) is 1. The molecule has 5 nitrogen and oxygen atoms in total. The SMILES string of the molecule is CCC1=CC(C)(C)C=c2ccn(C3CCC(=O)NC3=O)c(=O)c2=C1. The second kappa shape index (κ2) is 5.89. The highest BCUT2D eigenvalue weighted by Crippen LogP contribution is 2.23. The number of nitrogens with zero attached hydrogens (tertiary/aromatic N) is 1. The topological polar surface area (TPSA) is 68.2 Å². The third-order valence-corrected chi connectivity index (χ3v) is 4.56. The van der Waals surface area contributed by atoms with E-state index in [-0.39, 0.29) is 23.3 Å². The molecule has 3 rings (SSSR count). The number of piperidine rings is 1. The van der Waals surface area contributed by atoms with Gasteiger partial charge in [0.05, 0.1) is 0 Å². The van der Waals surface area contributed by atoms with Crippen molar-refractivity contribution in [1.29, 1.82) is 0 Å². The van der Waals surface area contributed by atoms with Gasteiger partial charge < -0.3 is 4.57 Å². The molecule has 0 radical (unpaired) electrons. The van der Waals surface area contributed by atoms with Gasteiger partial charge in [-0.1, -0.05) is 38.5 Å². The van der Waals surface area contributed by atoms with Crippen molar-refractivity contribution >= 4 is 24.0 Å². The van der Waals surface area contributed by atoms with Crippen molar-refractivity contribution in [1.82, 2.24) is 9.88 Å². The summed E-state index contributed by atoms with van der Waals surface area (Å²) in [5.41, 5.74) is 0.781. The highest BCUT2D eigenvalue weighted by atomic mass is 16.2. The Labute approximate surface area is 140 Å². The molecule has 1 atom stereocenters. The number of fused-ring (bicyclic) bond motifs is 1. The number of amides is 2. The first-order chi connectivity index (χ1) is 11.3. The molecule has 0 spiro atoms. The van der Waals surface area contributed by atoms with Crippen LogP contribution in [0.5, 0.6) is 0 Å². The van der Waals surface area contributed by atoms with E-state index in [1.165, 1.54) is 4.57 Å². The van der Waals surface area contributed by atoms with Crippen LogP contribution in [0.1, 0.15) is 46.1 Å². The maximum atomic E-state index is 13.0. The van der Waals surface area contributed by atoms with Gasteiger partial charge in [0.1, 0.15) is 6.04 Å². The van der Waals surface area contributed by atoms with Crippen molar-refractivity contribution in [2.75, 3.05) is 0 Å². The Hall–Kier alpha value is -2.43. The molecule has 1 unspecified atom stereocenters. The zero-order valence-corrected chi connectivity index (χ0v) is 14.3. The van der Waals surface area contributed by atoms with Gasteiger partial charge in [0.25, 0.3) is 5.56 Å². The summed E-state index contributed by atoms with van der Waals surface area (Å²) in [7, 11) is 0. The van der Waals surface area contributed by atoms with E-state index in [9.17, 15) is 14.4 Å². The lowest BCUT2D eigenvalue weighted by Crippen LogP contribution is -2.50. The van der Waals surface area contributed by atoms with Gasteiger partial charge in [0.15, 0.2) is 0 Å². The molecule has 2 amide bonds. The molecule has 0 saturated carbocycles. The van der Waals surface area contributed by atoms with Gasteiger partial charge in [-0.05, 0) is 30.2 Å². The summed E-state index contributed by atoms with van der Waals surface area (Å²) in [6.45, 7) is 6.28. The number of aromatic nitrogens is 1. The number of nitrogens with one attached hydrogen (secondary N) is 1. The van der Waals surface area contributed by atoms with Crippen LogP contribution in [0.4, 0.5) is 0 Å². The fourth-order valence-electron chi connectivity index (χ4n) is 3.40. The number of carbonyl (C=O) groups is 2. The van der Waals surface area contributed by atoms with Crippen LogP contribution in [-0.2, 0) is 9.59 Å². The molecule has 1 aliphatic carbocycles. The molecule has 1 aromatic rings. The number of allylic oxidation sites excluding steroid dienone is 2. The lowest BCUT2D eigenvalue weighted by molar-refractivity contribution is -0.135. The summed E-state index contributed by atoms with van der Waals surface area (Å²) >= 11 is 0. The summed E-state index contributed by atoms with van der Waals surface area (Å²) in [4.78, 5) is 36.4. The molecule has 5 heteroatoms. The molecule has 1 aliphatic heterocycles. The van der Waals surface area contributed by atoms with Crippen molar-refractivity contribution in [2.24, 2.45) is 5.41 Å². The van der Waals surface area contributed by atoms with Gasteiger partial charge in [-0.2, -0.15) is 0 Å². The minimum atomic E-state index is -0.626. The van der Waals surface area contributed by atoms with Crippen molar-refractivity contribution in [3.63, 3.8) is 0 Å². The fourth-order valence-corrected chi connectivity index (χ4v) is 3.40. The highest BCUT2D eigenvalue weighted by molar-refractivity contribution is 5.99. The second-order valence-electron chi connectivity index (χ2n) is 7.05. The molecule has 1 aromatic heterocycles. The fraction of sp³-hybridized carbons (Fsp3) is 0.421. The highest BCUT2D eigenvalue weighted by Gasteiger charge is 2.28. The second-order valence-corrected chi connectivity index (χ2v) is 7.05. The van der Waals surface area contributed by atoms with Gasteiger partial charge in [-0.25, -0.2) is 0 Å². The van der Waals surface area contributed by atoms with E-state index < -0.39 is 11.9 Å². The molecule has 1 fully saturated rings. The smallest absolute Gasteiger partial charge is 0.259 e. The summed E-state index contributed by atoms with van der Waals surface area (Å²) in [5.74, 6) is -0.686. The van der Waals surface area contributed by atoms with Crippen molar-refractivity contribution in [3.05, 3.63) is 44.7 Å². The van der Waals surface area contributed by atoms with E-state index in [1.807, 2.05) is 12.1 Å². The maximum Gasteiger partial charge on any atom is 0.259 e. The average Bonchev–Trinajstić information content (AvgIpc) is 2.64. The average molecular weight is 326 g/mol. The van der Waals surface area contributed by atoms with Crippen LogP contribution in [0.2, 0.25) is 0 Å². The minimum absolute atomic E-state index is 0.139. The lowest BCUT2D eigenvalue weighted by atomic mass is 9.90. The van der Waals surface area contributed by atoms with E-state index in [0.717, 1.165) is 17.2 Å². The van der Waals surface area contributed by atoms with E-state index in [1.54, 1.807) is 6.20 Å². The molecule has 1 N–H and O–H groups in total. The molecule has 0 bridgehead atoms. The van der Waals surface area contributed by atoms with Crippen LogP contribution in [0.15, 0.2) is 28.7 Å². The Morgan fingerprint density at radius 3 is 2.67 bits per heavy atom. The number of rotatable bonds is 2. The third kappa shape index (κ3) is 2.98. The zero-order chi connectivity index (χ0) is 17.5. The summed E-state index contributed by atoms with van der Waals surface area (Å²) in [6, 6.07) is 1.25. The van der Waals surface area contributed by atoms with Crippen LogP contribution in [0.3, 0.4) is 0 Å². The number of imide groups is 1. The normalized spacial score (nSPS) is 22.5. The minimum Gasteiger partial charge on any atom is -0.302 e. The van der Waals surface area contributed by atoms with E-state index >= 15 is 0 Å². The van der Waals surface area contributed by atoms with Crippen molar-refractivity contribution in [2.45, 2.75) is 46.1 Å². The van der Waals surface area contributed by atoms with Crippen molar-refractivity contribution in [3.8, 4) is 0 Å². The number of pyridine rings is 1. The van der Waals surface area contributed by atoms with Gasteiger partial charge in [0, 0.05) is 23.3 Å². The Morgan fingerprint density at radius 1 is 1.25 bits per heavy atom. The van der Waals surface area contributed by atoms with Crippen molar-refractivity contribution < 1.29 is 9.59 Å². The third-order valence-electron chi connectivity index (χ3n) is 4.56. The van der Waals surface area contributed by atoms with Crippen LogP contribution < -0.4 is 21.3 Å². The van der Waals surface area contributed by atoms with Crippen LogP contribution in [0.25, 0.3) is 12.2 Å². The molecular formula is C19H22N2O3. The zero-order valence-electron chi connectivity index (χ0n) is 14.3. The largest absolute Gasteiger partial charge is 0.302 e. The first-order valence-corrected chi connectivity index (χ1v) is 8.32. The monoisotopic (exact) mass is 326 g/mol. The maximum absolute atomic E-state index is 13.0. The molecule has 2 heterocycles. The van der Waals surface area contributed by atoms with Crippen LogP contribution in [-0.4, -0.2) is 16.4 Å². The summed E-state index contributed by atoms with van der Waals surface area (Å²) < 4.78 is 1.45. The number of hydrogen-bond acceptors (Lipinski definition) is 3. The molecule has 2 aliphatic rings. The van der Waals surface area contributed by atoms with Crippen LogP contribution >= 0.6 is 0 Å². The predicted molar refractivity (Wildman–Crippen MR) is 92.5 cm³/mol. The first kappa shape index (κ1) is 16.4. The predicted octanol–water partition coefficient (Wildman–Crippen LogP) is 0.763. The quantitative estimate of drug-likeness (QED) is 0.816. The van der Waals surface area contributed by atoms with E-state index in [0.29, 0.717) is 11.6 Å².